The Morgan fingerprint density at radius 1 is 0.667 bits per heavy atom. The number of carbonyl (C=O) groups excluding carboxylic acids is 3. The average Bonchev–Trinajstić information content (AvgIpc) is 2.92. The first-order valence-corrected chi connectivity index (χ1v) is 10.0. The molecule has 14 nitrogen and oxygen atoms in total. The monoisotopic (exact) mass is 496 g/mol. The van der Waals surface area contributed by atoms with Crippen molar-refractivity contribution in [1.29, 1.82) is 0 Å². The fraction of sp³-hybridized carbons (Fsp3) is 0.182. The van der Waals surface area contributed by atoms with Gasteiger partial charge in [-0.3, -0.25) is 9.59 Å². The maximum Gasteiger partial charge on any atom is 0.356 e. The summed E-state index contributed by atoms with van der Waals surface area (Å²) in [5.41, 5.74) is 0.163. The lowest BCUT2D eigenvalue weighted by Gasteiger charge is -2.12. The molecule has 3 rings (SSSR count). The lowest BCUT2D eigenvalue weighted by molar-refractivity contribution is 0.0593. The van der Waals surface area contributed by atoms with E-state index in [4.69, 9.17) is 14.2 Å². The summed E-state index contributed by atoms with van der Waals surface area (Å²) < 4.78 is 19.9. The summed E-state index contributed by atoms with van der Waals surface area (Å²) in [6, 6.07) is 8.13. The summed E-state index contributed by atoms with van der Waals surface area (Å²) in [7, 11) is 5.13. The van der Waals surface area contributed by atoms with Crippen LogP contribution in [0.4, 0.5) is 17.1 Å². The van der Waals surface area contributed by atoms with E-state index < -0.39 is 17.8 Å². The fourth-order valence-corrected chi connectivity index (χ4v) is 2.88. The van der Waals surface area contributed by atoms with Crippen LogP contribution in [0.5, 0.6) is 17.6 Å². The van der Waals surface area contributed by atoms with Gasteiger partial charge in [-0.2, -0.15) is 0 Å². The van der Waals surface area contributed by atoms with Crippen LogP contribution in [-0.4, -0.2) is 61.2 Å². The predicted molar refractivity (Wildman–Crippen MR) is 125 cm³/mol. The highest BCUT2D eigenvalue weighted by Gasteiger charge is 2.19. The SMILES string of the molecule is COC(=O)c1ccc(NC(=O)c2ccc(NC(=O)c3ccc(N=O)c(OC)n3)c(OC)n2)c(OC)n1. The number of nitroso groups, excluding NO2 is 1. The number of anilines is 2. The van der Waals surface area contributed by atoms with Crippen molar-refractivity contribution in [2.45, 2.75) is 0 Å². The zero-order chi connectivity index (χ0) is 26.2. The third-order valence-corrected chi connectivity index (χ3v) is 4.60. The highest BCUT2D eigenvalue weighted by atomic mass is 16.5. The molecule has 0 aromatic carbocycles. The number of methoxy groups -OCH3 is 4. The Kier molecular flexibility index (Phi) is 8.02. The molecule has 3 heterocycles. The van der Waals surface area contributed by atoms with Crippen molar-refractivity contribution < 1.29 is 33.3 Å². The Hall–Kier alpha value is -5.14. The van der Waals surface area contributed by atoms with Crippen molar-refractivity contribution in [2.24, 2.45) is 5.18 Å². The zero-order valence-corrected chi connectivity index (χ0v) is 19.5. The average molecular weight is 496 g/mol. The Morgan fingerprint density at radius 2 is 1.11 bits per heavy atom. The molecule has 14 heteroatoms. The van der Waals surface area contributed by atoms with Crippen LogP contribution in [0.1, 0.15) is 31.5 Å². The van der Waals surface area contributed by atoms with E-state index in [0.717, 1.165) is 0 Å². The van der Waals surface area contributed by atoms with Crippen molar-refractivity contribution in [1.82, 2.24) is 15.0 Å². The number of rotatable bonds is 9. The van der Waals surface area contributed by atoms with Crippen LogP contribution in [0.2, 0.25) is 0 Å². The summed E-state index contributed by atoms with van der Waals surface area (Å²) >= 11 is 0. The van der Waals surface area contributed by atoms with Crippen LogP contribution in [0, 0.1) is 4.91 Å². The van der Waals surface area contributed by atoms with Crippen LogP contribution < -0.4 is 24.8 Å². The van der Waals surface area contributed by atoms with Gasteiger partial charge in [0, 0.05) is 0 Å². The molecule has 0 atom stereocenters. The molecule has 2 N–H and O–H groups in total. The number of hydrogen-bond donors (Lipinski definition) is 2. The van der Waals surface area contributed by atoms with Crippen LogP contribution in [-0.2, 0) is 4.74 Å². The molecule has 3 aromatic rings. The van der Waals surface area contributed by atoms with Crippen LogP contribution in [0.25, 0.3) is 0 Å². The molecule has 0 radical (unpaired) electrons. The van der Waals surface area contributed by atoms with Gasteiger partial charge in [0.05, 0.1) is 28.4 Å². The Labute approximate surface area is 203 Å². The molecule has 0 saturated carbocycles. The molecule has 0 aliphatic rings. The molecule has 2 amide bonds. The number of ether oxygens (including phenoxy) is 4. The smallest absolute Gasteiger partial charge is 0.356 e. The normalized spacial score (nSPS) is 10.1. The standard InChI is InChI=1S/C22H20N6O8/c1-33-19-13(23-18(30)12-6-9-15(28-32)21(26-12)35-3)7-5-11(25-19)17(29)24-14-8-10-16(22(31)36-4)27-20(14)34-2/h5-10H,1-4H3,(H,23,30)(H,24,29). The molecule has 0 aliphatic carbocycles. The van der Waals surface area contributed by atoms with E-state index in [2.05, 4.69) is 35.5 Å². The molecule has 0 spiro atoms. The fourth-order valence-electron chi connectivity index (χ4n) is 2.88. The molecule has 3 aromatic heterocycles. The maximum absolute atomic E-state index is 12.8. The van der Waals surface area contributed by atoms with E-state index >= 15 is 0 Å². The number of nitrogens with one attached hydrogen (secondary N) is 2. The van der Waals surface area contributed by atoms with Crippen molar-refractivity contribution >= 4 is 34.8 Å². The molecule has 186 valence electrons. The van der Waals surface area contributed by atoms with Gasteiger partial charge in [0.15, 0.2) is 11.4 Å². The Morgan fingerprint density at radius 3 is 1.58 bits per heavy atom. The van der Waals surface area contributed by atoms with Crippen molar-refractivity contribution in [3.63, 3.8) is 0 Å². The second-order valence-corrected chi connectivity index (χ2v) is 6.72. The lowest BCUT2D eigenvalue weighted by atomic mass is 10.2. The molecule has 0 saturated heterocycles. The van der Waals surface area contributed by atoms with Gasteiger partial charge in [-0.1, -0.05) is 0 Å². The van der Waals surface area contributed by atoms with Crippen LogP contribution in [0.15, 0.2) is 41.6 Å². The molecule has 0 unspecified atom stereocenters. The topological polar surface area (TPSA) is 180 Å². The van der Waals surface area contributed by atoms with E-state index in [1.165, 1.54) is 64.8 Å². The third-order valence-electron chi connectivity index (χ3n) is 4.60. The second-order valence-electron chi connectivity index (χ2n) is 6.72. The van der Waals surface area contributed by atoms with E-state index in [9.17, 15) is 19.3 Å². The Bertz CT molecular complexity index is 1330. The first-order chi connectivity index (χ1) is 17.3. The van der Waals surface area contributed by atoms with E-state index in [1.807, 2.05) is 0 Å². The van der Waals surface area contributed by atoms with E-state index in [1.54, 1.807) is 0 Å². The van der Waals surface area contributed by atoms with Gasteiger partial charge in [0.25, 0.3) is 11.8 Å². The minimum absolute atomic E-state index is 0.00332. The van der Waals surface area contributed by atoms with Crippen LogP contribution in [0.3, 0.4) is 0 Å². The predicted octanol–water partition coefficient (Wildman–Crippen LogP) is 2.59. The van der Waals surface area contributed by atoms with Gasteiger partial charge in [0.1, 0.15) is 22.8 Å². The summed E-state index contributed by atoms with van der Waals surface area (Å²) in [5, 5.41) is 7.91. The van der Waals surface area contributed by atoms with Gasteiger partial charge in [0.2, 0.25) is 17.6 Å². The second kappa shape index (κ2) is 11.3. The minimum atomic E-state index is -0.666. The maximum atomic E-state index is 12.8. The van der Waals surface area contributed by atoms with Gasteiger partial charge in [-0.25, -0.2) is 19.7 Å². The molecule has 0 aliphatic heterocycles. The molecule has 36 heavy (non-hydrogen) atoms. The number of esters is 1. The molecular formula is C22H20N6O8. The van der Waals surface area contributed by atoms with E-state index in [0.29, 0.717) is 0 Å². The summed E-state index contributed by atoms with van der Waals surface area (Å²) in [4.78, 5) is 59.9. The minimum Gasteiger partial charge on any atom is -0.479 e. The Balaban J connectivity index is 1.80. The first kappa shape index (κ1) is 25.5. The first-order valence-electron chi connectivity index (χ1n) is 10.0. The number of aromatic nitrogens is 3. The number of hydrogen-bond acceptors (Lipinski definition) is 12. The van der Waals surface area contributed by atoms with Crippen molar-refractivity contribution in [2.75, 3.05) is 39.1 Å². The number of pyridine rings is 3. The quantitative estimate of drug-likeness (QED) is 0.328. The van der Waals surface area contributed by atoms with Crippen LogP contribution >= 0.6 is 0 Å². The largest absolute Gasteiger partial charge is 0.479 e. The van der Waals surface area contributed by atoms with Gasteiger partial charge in [-0.15, -0.1) is 4.91 Å². The van der Waals surface area contributed by atoms with Crippen molar-refractivity contribution in [3.8, 4) is 17.6 Å². The van der Waals surface area contributed by atoms with Gasteiger partial charge >= 0.3 is 5.97 Å². The molecule has 0 fully saturated rings. The summed E-state index contributed by atoms with van der Waals surface area (Å²) in [5.74, 6) is -2.13. The van der Waals surface area contributed by atoms with Gasteiger partial charge in [-0.05, 0) is 41.6 Å². The number of nitrogens with zero attached hydrogens (tertiary/aromatic N) is 4. The third kappa shape index (κ3) is 5.49. The van der Waals surface area contributed by atoms with Crippen molar-refractivity contribution in [3.05, 3.63) is 58.4 Å². The zero-order valence-electron chi connectivity index (χ0n) is 19.5. The highest BCUT2D eigenvalue weighted by Crippen LogP contribution is 2.27. The number of amides is 2. The lowest BCUT2D eigenvalue weighted by Crippen LogP contribution is -2.18. The van der Waals surface area contributed by atoms with Gasteiger partial charge < -0.3 is 29.6 Å². The summed E-state index contributed by atoms with van der Waals surface area (Å²) in [6.07, 6.45) is 0. The van der Waals surface area contributed by atoms with E-state index in [-0.39, 0.29) is 51.8 Å². The molecule has 0 bridgehead atoms. The highest BCUT2D eigenvalue weighted by molar-refractivity contribution is 6.06. The summed E-state index contributed by atoms with van der Waals surface area (Å²) in [6.45, 7) is 0. The molecular weight excluding hydrogens is 476 g/mol. The number of carbonyl (C=O) groups is 3.